The van der Waals surface area contributed by atoms with Crippen molar-refractivity contribution in [2.75, 3.05) is 20.0 Å². The molecular weight excluding hydrogens is 357 g/mol. The van der Waals surface area contributed by atoms with Crippen molar-refractivity contribution in [3.05, 3.63) is 59.4 Å². The molecule has 2 heterocycles. The highest BCUT2D eigenvalue weighted by atomic mass is 19.1. The van der Waals surface area contributed by atoms with Gasteiger partial charge in [0.2, 0.25) is 0 Å². The lowest BCUT2D eigenvalue weighted by atomic mass is 9.92. The Morgan fingerprint density at radius 3 is 2.43 bits per heavy atom. The molecule has 140 valence electrons. The molecule has 6 heteroatoms. The van der Waals surface area contributed by atoms with Crippen molar-refractivity contribution in [1.29, 1.82) is 5.26 Å². The molecular formula is C22H19FN3O2+. The molecule has 0 amide bonds. The van der Waals surface area contributed by atoms with Crippen LogP contribution in [0.2, 0.25) is 0 Å². The molecule has 1 aliphatic rings. The molecule has 0 saturated carbocycles. The van der Waals surface area contributed by atoms with Gasteiger partial charge in [0.15, 0.2) is 11.5 Å². The first kappa shape index (κ1) is 17.8. The van der Waals surface area contributed by atoms with E-state index < -0.39 is 5.82 Å². The number of fused-ring (bicyclic) bond motifs is 3. The minimum absolute atomic E-state index is 0.276. The van der Waals surface area contributed by atoms with Gasteiger partial charge in [0.05, 0.1) is 20.8 Å². The van der Waals surface area contributed by atoms with Crippen LogP contribution in [0.15, 0.2) is 42.5 Å². The molecule has 0 radical (unpaired) electrons. The van der Waals surface area contributed by atoms with Gasteiger partial charge in [-0.2, -0.15) is 5.26 Å². The van der Waals surface area contributed by atoms with Crippen LogP contribution in [-0.2, 0) is 13.0 Å². The third kappa shape index (κ3) is 2.64. The number of nitrogens with zero attached hydrogens (tertiary/aromatic N) is 2. The highest BCUT2D eigenvalue weighted by molar-refractivity contribution is 5.80. The van der Waals surface area contributed by atoms with E-state index >= 15 is 0 Å². The van der Waals surface area contributed by atoms with Crippen LogP contribution in [0.1, 0.15) is 11.1 Å². The Morgan fingerprint density at radius 1 is 1.04 bits per heavy atom. The Labute approximate surface area is 162 Å². The summed E-state index contributed by atoms with van der Waals surface area (Å²) in [6, 6.07) is 14.2. The van der Waals surface area contributed by atoms with E-state index in [2.05, 4.69) is 6.07 Å². The molecule has 5 nitrogen and oxygen atoms in total. The Hall–Kier alpha value is -3.59. The molecule has 0 bridgehead atoms. The molecule has 0 saturated heterocycles. The summed E-state index contributed by atoms with van der Waals surface area (Å²) in [5, 5.41) is 9.70. The molecule has 0 fully saturated rings. The summed E-state index contributed by atoms with van der Waals surface area (Å²) in [7, 11) is 3.18. The van der Waals surface area contributed by atoms with Crippen LogP contribution >= 0.6 is 0 Å². The first-order valence-electron chi connectivity index (χ1n) is 8.85. The minimum atomic E-state index is -0.397. The van der Waals surface area contributed by atoms with Gasteiger partial charge in [-0.25, -0.2) is 8.96 Å². The smallest absolute Gasteiger partial charge is 0.291 e. The number of nitriles is 1. The summed E-state index contributed by atoms with van der Waals surface area (Å²) >= 11 is 0. The number of ether oxygens (including phenoxy) is 2. The number of aromatic nitrogens is 1. The average Bonchev–Trinajstić information content (AvgIpc) is 2.72. The largest absolute Gasteiger partial charge is 0.493 e. The first-order chi connectivity index (χ1) is 13.6. The Balaban J connectivity index is 2.03. The molecule has 3 aromatic rings. The van der Waals surface area contributed by atoms with Gasteiger partial charge < -0.3 is 9.47 Å². The van der Waals surface area contributed by atoms with Gasteiger partial charge in [-0.15, -0.1) is 0 Å². The van der Waals surface area contributed by atoms with E-state index in [1.54, 1.807) is 32.4 Å². The minimum Gasteiger partial charge on any atom is -0.493 e. The number of hydrogen-bond acceptors (Lipinski definition) is 4. The van der Waals surface area contributed by atoms with E-state index in [9.17, 15) is 9.65 Å². The first-order valence-corrected chi connectivity index (χ1v) is 8.85. The zero-order valence-electron chi connectivity index (χ0n) is 15.6. The van der Waals surface area contributed by atoms with Crippen molar-refractivity contribution in [1.82, 2.24) is 0 Å². The second-order valence-corrected chi connectivity index (χ2v) is 6.56. The zero-order chi connectivity index (χ0) is 19.8. The van der Waals surface area contributed by atoms with Crippen LogP contribution in [-0.4, -0.2) is 14.2 Å². The molecule has 1 aliphatic heterocycles. The predicted octanol–water partition coefficient (Wildman–Crippen LogP) is 3.47. The van der Waals surface area contributed by atoms with Crippen molar-refractivity contribution < 1.29 is 18.4 Å². The number of nitrogens with two attached hydrogens (primary N) is 1. The van der Waals surface area contributed by atoms with E-state index in [-0.39, 0.29) is 5.56 Å². The van der Waals surface area contributed by atoms with Crippen LogP contribution in [0.3, 0.4) is 0 Å². The summed E-state index contributed by atoms with van der Waals surface area (Å²) in [5.74, 6) is 1.20. The van der Waals surface area contributed by atoms with Crippen molar-refractivity contribution in [3.63, 3.8) is 0 Å². The molecule has 0 atom stereocenters. The van der Waals surface area contributed by atoms with Gasteiger partial charge in [-0.1, -0.05) is 18.2 Å². The third-order valence-electron chi connectivity index (χ3n) is 5.15. The van der Waals surface area contributed by atoms with E-state index in [4.69, 9.17) is 15.2 Å². The number of halogens is 1. The normalized spacial score (nSPS) is 11.9. The fourth-order valence-electron chi connectivity index (χ4n) is 3.76. The predicted molar refractivity (Wildman–Crippen MR) is 103 cm³/mol. The quantitative estimate of drug-likeness (QED) is 0.711. The fourth-order valence-corrected chi connectivity index (χ4v) is 3.76. The van der Waals surface area contributed by atoms with Gasteiger partial charge in [0.25, 0.3) is 5.82 Å². The molecule has 2 N–H and O–H groups in total. The van der Waals surface area contributed by atoms with Crippen LogP contribution in [0.4, 0.5) is 10.2 Å². The highest BCUT2D eigenvalue weighted by Crippen LogP contribution is 2.39. The average molecular weight is 376 g/mol. The molecule has 2 aromatic carbocycles. The van der Waals surface area contributed by atoms with E-state index in [0.29, 0.717) is 35.0 Å². The second-order valence-electron chi connectivity index (χ2n) is 6.56. The van der Waals surface area contributed by atoms with Crippen LogP contribution in [0, 0.1) is 17.1 Å². The van der Waals surface area contributed by atoms with E-state index in [1.807, 2.05) is 22.8 Å². The number of pyridine rings is 1. The van der Waals surface area contributed by atoms with Gasteiger partial charge in [0, 0.05) is 23.1 Å². The van der Waals surface area contributed by atoms with Gasteiger partial charge in [0.1, 0.15) is 23.1 Å². The van der Waals surface area contributed by atoms with Crippen molar-refractivity contribution in [3.8, 4) is 40.0 Å². The number of aryl methyl sites for hydroxylation is 1. The second kappa shape index (κ2) is 6.86. The fraction of sp³-hybridized carbons (Fsp3) is 0.182. The van der Waals surface area contributed by atoms with Crippen molar-refractivity contribution >= 4 is 5.82 Å². The summed E-state index contributed by atoms with van der Waals surface area (Å²) < 4.78 is 27.2. The number of hydrogen-bond donors (Lipinski definition) is 1. The van der Waals surface area contributed by atoms with Crippen molar-refractivity contribution in [2.24, 2.45) is 0 Å². The van der Waals surface area contributed by atoms with Crippen LogP contribution in [0.5, 0.6) is 11.5 Å². The molecule has 4 rings (SSSR count). The molecule has 1 aromatic heterocycles. The van der Waals surface area contributed by atoms with E-state index in [1.165, 1.54) is 6.07 Å². The molecule has 0 spiro atoms. The lowest BCUT2D eigenvalue weighted by Crippen LogP contribution is -2.44. The number of rotatable bonds is 3. The lowest BCUT2D eigenvalue weighted by Gasteiger charge is -2.22. The Kier molecular flexibility index (Phi) is 4.36. The number of benzene rings is 2. The Morgan fingerprint density at radius 2 is 1.75 bits per heavy atom. The van der Waals surface area contributed by atoms with Gasteiger partial charge in [-0.05, 0) is 29.8 Å². The summed E-state index contributed by atoms with van der Waals surface area (Å²) in [6.07, 6.45) is 0.738. The SMILES string of the molecule is COc1cc2c(cc1OC)-c1cc(-c3ccccc3F)c(C#N)c(N)[n+]1CC2. The van der Waals surface area contributed by atoms with E-state index in [0.717, 1.165) is 23.2 Å². The van der Waals surface area contributed by atoms with Gasteiger partial charge >= 0.3 is 0 Å². The Bertz CT molecular complexity index is 1140. The number of nitrogen functional groups attached to an aromatic ring is 1. The van der Waals surface area contributed by atoms with Crippen LogP contribution in [0.25, 0.3) is 22.4 Å². The summed E-state index contributed by atoms with van der Waals surface area (Å²) in [4.78, 5) is 0. The molecule has 0 unspecified atom stereocenters. The highest BCUT2D eigenvalue weighted by Gasteiger charge is 2.29. The number of methoxy groups -OCH3 is 2. The topological polar surface area (TPSA) is 72.1 Å². The van der Waals surface area contributed by atoms with Crippen molar-refractivity contribution in [2.45, 2.75) is 13.0 Å². The third-order valence-corrected chi connectivity index (χ3v) is 5.15. The maximum absolute atomic E-state index is 14.5. The summed E-state index contributed by atoms with van der Waals surface area (Å²) in [5.41, 5.74) is 10.3. The maximum atomic E-state index is 14.5. The molecule has 28 heavy (non-hydrogen) atoms. The molecule has 0 aliphatic carbocycles. The van der Waals surface area contributed by atoms with Gasteiger partial charge in [-0.3, -0.25) is 5.73 Å². The van der Waals surface area contributed by atoms with Crippen LogP contribution < -0.4 is 19.8 Å². The lowest BCUT2D eigenvalue weighted by molar-refractivity contribution is -0.673. The summed E-state index contributed by atoms with van der Waals surface area (Å²) in [6.45, 7) is 0.621. The standard InChI is InChI=1S/C22H18FN3O2/c1-27-20-9-13-7-8-26-19(15(13)11-21(20)28-2)10-16(17(12-24)22(26)25)14-5-3-4-6-18(14)23/h3-6,9-11,25H,7-8H2,1-2H3/p+1. The zero-order valence-corrected chi connectivity index (χ0v) is 15.6. The monoisotopic (exact) mass is 376 g/mol. The maximum Gasteiger partial charge on any atom is 0.291 e. The number of anilines is 1.